The summed E-state index contributed by atoms with van der Waals surface area (Å²) in [5, 5.41) is 11.8. The van der Waals surface area contributed by atoms with Gasteiger partial charge in [0.2, 0.25) is 0 Å². The summed E-state index contributed by atoms with van der Waals surface area (Å²) in [5.41, 5.74) is -0.439. The first-order valence-corrected chi connectivity index (χ1v) is 6.32. The van der Waals surface area contributed by atoms with Crippen LogP contribution in [0.25, 0.3) is 0 Å². The zero-order valence-electron chi connectivity index (χ0n) is 11.5. The first kappa shape index (κ1) is 14.4. The fourth-order valence-electron chi connectivity index (χ4n) is 2.09. The Kier molecular flexibility index (Phi) is 3.99. The Bertz CT molecular complexity index is 505. The van der Waals surface area contributed by atoms with Crippen LogP contribution in [0.5, 0.6) is 0 Å². The molecule has 1 fully saturated rings. The molecule has 2 amide bonds. The minimum Gasteiger partial charge on any atom is -0.479 e. The highest BCUT2D eigenvalue weighted by atomic mass is 16.5. The van der Waals surface area contributed by atoms with Crippen molar-refractivity contribution < 1.29 is 23.8 Å². The molecule has 2 N–H and O–H groups in total. The highest BCUT2D eigenvalue weighted by Gasteiger charge is 2.44. The summed E-state index contributed by atoms with van der Waals surface area (Å²) in [6.45, 7) is 2.49. The minimum absolute atomic E-state index is 0.00729. The highest BCUT2D eigenvalue weighted by Crippen LogP contribution is 2.20. The average molecular weight is 282 g/mol. The lowest BCUT2D eigenvalue weighted by Gasteiger charge is -2.27. The molecule has 7 heteroatoms. The second-order valence-electron chi connectivity index (χ2n) is 4.98. The van der Waals surface area contributed by atoms with Gasteiger partial charge >= 0.3 is 12.0 Å². The van der Waals surface area contributed by atoms with Gasteiger partial charge in [-0.2, -0.15) is 0 Å². The van der Waals surface area contributed by atoms with E-state index < -0.39 is 17.5 Å². The van der Waals surface area contributed by atoms with E-state index in [1.165, 1.54) is 4.90 Å². The van der Waals surface area contributed by atoms with Crippen LogP contribution in [0, 0.1) is 6.92 Å². The Labute approximate surface area is 116 Å². The van der Waals surface area contributed by atoms with E-state index in [4.69, 9.17) is 9.15 Å². The lowest BCUT2D eigenvalue weighted by atomic mass is 9.99. The largest absolute Gasteiger partial charge is 0.479 e. The molecule has 1 aliphatic rings. The van der Waals surface area contributed by atoms with Crippen LogP contribution in [-0.4, -0.2) is 47.8 Å². The lowest BCUT2D eigenvalue weighted by Crippen LogP contribution is -2.57. The van der Waals surface area contributed by atoms with E-state index >= 15 is 0 Å². The number of carbonyl (C=O) groups is 2. The third kappa shape index (κ3) is 2.77. The monoisotopic (exact) mass is 282 g/mol. The molecule has 1 aliphatic heterocycles. The third-order valence-corrected chi connectivity index (χ3v) is 3.50. The van der Waals surface area contributed by atoms with Gasteiger partial charge < -0.3 is 24.5 Å². The molecule has 1 aromatic heterocycles. The van der Waals surface area contributed by atoms with Gasteiger partial charge in [-0.3, -0.25) is 0 Å². The molecular weight excluding hydrogens is 264 g/mol. The van der Waals surface area contributed by atoms with Gasteiger partial charge in [-0.1, -0.05) is 0 Å². The molecule has 1 aromatic rings. The second-order valence-corrected chi connectivity index (χ2v) is 4.98. The maximum atomic E-state index is 12.1. The number of carboxylic acid groups (broad SMARTS) is 1. The van der Waals surface area contributed by atoms with Crippen LogP contribution >= 0.6 is 0 Å². The van der Waals surface area contributed by atoms with Crippen molar-refractivity contribution in [1.82, 2.24) is 10.2 Å². The molecule has 0 spiro atoms. The van der Waals surface area contributed by atoms with Crippen LogP contribution in [-0.2, 0) is 16.1 Å². The van der Waals surface area contributed by atoms with E-state index in [1.54, 1.807) is 19.4 Å². The number of nitrogens with zero attached hydrogens (tertiary/aromatic N) is 1. The SMILES string of the molecule is Cc1occc1CN(C)C(=O)NC1(C(=O)O)CCOC1. The minimum atomic E-state index is -1.32. The maximum Gasteiger partial charge on any atom is 0.332 e. The third-order valence-electron chi connectivity index (χ3n) is 3.50. The van der Waals surface area contributed by atoms with Crippen molar-refractivity contribution in [2.45, 2.75) is 25.4 Å². The number of ether oxygens (including phenoxy) is 1. The van der Waals surface area contributed by atoms with Crippen molar-refractivity contribution in [3.8, 4) is 0 Å². The van der Waals surface area contributed by atoms with Crippen LogP contribution in [0.4, 0.5) is 4.79 Å². The number of carbonyl (C=O) groups excluding carboxylic acids is 1. The predicted octanol–water partition coefficient (Wildman–Crippen LogP) is 0.973. The van der Waals surface area contributed by atoms with Crippen LogP contribution in [0.1, 0.15) is 17.7 Å². The smallest absolute Gasteiger partial charge is 0.332 e. The Morgan fingerprint density at radius 3 is 2.80 bits per heavy atom. The summed E-state index contributed by atoms with van der Waals surface area (Å²) in [4.78, 5) is 24.9. The summed E-state index contributed by atoms with van der Waals surface area (Å²) in [6, 6.07) is 1.34. The molecule has 2 heterocycles. The average Bonchev–Trinajstić information content (AvgIpc) is 3.00. The molecule has 0 saturated carbocycles. The zero-order valence-corrected chi connectivity index (χ0v) is 11.5. The Balaban J connectivity index is 2.00. The van der Waals surface area contributed by atoms with Gasteiger partial charge in [-0.05, 0) is 13.0 Å². The van der Waals surface area contributed by atoms with Crippen molar-refractivity contribution >= 4 is 12.0 Å². The van der Waals surface area contributed by atoms with Crippen LogP contribution in [0.2, 0.25) is 0 Å². The molecule has 0 bridgehead atoms. The Hall–Kier alpha value is -2.02. The number of nitrogens with one attached hydrogen (secondary N) is 1. The summed E-state index contributed by atoms with van der Waals surface area (Å²) >= 11 is 0. The number of aryl methyl sites for hydroxylation is 1. The highest BCUT2D eigenvalue weighted by molar-refractivity contribution is 5.86. The van der Waals surface area contributed by atoms with E-state index in [2.05, 4.69) is 5.32 Å². The first-order valence-electron chi connectivity index (χ1n) is 6.32. The summed E-state index contributed by atoms with van der Waals surface area (Å²) < 4.78 is 10.3. The molecule has 7 nitrogen and oxygen atoms in total. The Morgan fingerprint density at radius 2 is 2.30 bits per heavy atom. The molecule has 20 heavy (non-hydrogen) atoms. The van der Waals surface area contributed by atoms with Crippen LogP contribution in [0.15, 0.2) is 16.7 Å². The van der Waals surface area contributed by atoms with Crippen molar-refractivity contribution in [3.63, 3.8) is 0 Å². The van der Waals surface area contributed by atoms with Gasteiger partial charge in [0.05, 0.1) is 19.4 Å². The van der Waals surface area contributed by atoms with Crippen LogP contribution in [0.3, 0.4) is 0 Å². The fraction of sp³-hybridized carbons (Fsp3) is 0.538. The number of amides is 2. The molecule has 0 aliphatic carbocycles. The van der Waals surface area contributed by atoms with Gasteiger partial charge in [-0.25, -0.2) is 9.59 Å². The van der Waals surface area contributed by atoms with Gasteiger partial charge in [0.15, 0.2) is 5.54 Å². The molecule has 2 rings (SSSR count). The Morgan fingerprint density at radius 1 is 1.55 bits per heavy atom. The second kappa shape index (κ2) is 5.54. The van der Waals surface area contributed by atoms with E-state index in [1.807, 2.05) is 6.92 Å². The van der Waals surface area contributed by atoms with E-state index in [9.17, 15) is 14.7 Å². The zero-order chi connectivity index (χ0) is 14.8. The molecule has 1 atom stereocenters. The predicted molar refractivity (Wildman–Crippen MR) is 69.2 cm³/mol. The number of rotatable bonds is 4. The molecule has 1 saturated heterocycles. The molecular formula is C13H18N2O5. The molecule has 0 radical (unpaired) electrons. The van der Waals surface area contributed by atoms with E-state index in [0.717, 1.165) is 11.3 Å². The number of urea groups is 1. The standard InChI is InChI=1S/C13H18N2O5/c1-9-10(3-5-20-9)7-15(2)12(18)14-13(11(16)17)4-6-19-8-13/h3,5H,4,6-8H2,1-2H3,(H,14,18)(H,16,17). The molecule has 1 unspecified atom stereocenters. The number of carboxylic acids is 1. The fourth-order valence-corrected chi connectivity index (χ4v) is 2.09. The normalized spacial score (nSPS) is 21.7. The van der Waals surface area contributed by atoms with Gasteiger partial charge in [0, 0.05) is 25.6 Å². The lowest BCUT2D eigenvalue weighted by molar-refractivity contribution is -0.144. The van der Waals surface area contributed by atoms with Gasteiger partial charge in [-0.15, -0.1) is 0 Å². The summed E-state index contributed by atoms with van der Waals surface area (Å²) in [6.07, 6.45) is 1.83. The maximum absolute atomic E-state index is 12.1. The van der Waals surface area contributed by atoms with Crippen molar-refractivity contribution in [2.24, 2.45) is 0 Å². The van der Waals surface area contributed by atoms with Gasteiger partial charge in [0.25, 0.3) is 0 Å². The molecule has 110 valence electrons. The van der Waals surface area contributed by atoms with Gasteiger partial charge in [0.1, 0.15) is 5.76 Å². The summed E-state index contributed by atoms with van der Waals surface area (Å²) in [7, 11) is 1.60. The van der Waals surface area contributed by atoms with Crippen LogP contribution < -0.4 is 5.32 Å². The summed E-state index contributed by atoms with van der Waals surface area (Å²) in [5.74, 6) is -0.335. The van der Waals surface area contributed by atoms with E-state index in [-0.39, 0.29) is 13.0 Å². The quantitative estimate of drug-likeness (QED) is 0.858. The van der Waals surface area contributed by atoms with Crippen molar-refractivity contribution in [3.05, 3.63) is 23.7 Å². The number of aliphatic carboxylic acids is 1. The number of hydrogen-bond donors (Lipinski definition) is 2. The number of furan rings is 1. The van der Waals surface area contributed by atoms with Crippen molar-refractivity contribution in [1.29, 1.82) is 0 Å². The topological polar surface area (TPSA) is 92.0 Å². The molecule has 0 aromatic carbocycles. The first-order chi connectivity index (χ1) is 9.44. The number of hydrogen-bond acceptors (Lipinski definition) is 4. The van der Waals surface area contributed by atoms with Crippen molar-refractivity contribution in [2.75, 3.05) is 20.3 Å². The van der Waals surface area contributed by atoms with E-state index in [0.29, 0.717) is 13.2 Å².